The number of ether oxygens (including phenoxy) is 1. The molecule has 4 heteroatoms. The third kappa shape index (κ3) is 4.65. The zero-order valence-electron chi connectivity index (χ0n) is 11.4. The molecular formula is C15H20N2OS. The van der Waals surface area contributed by atoms with Gasteiger partial charge in [0.25, 0.3) is 0 Å². The zero-order chi connectivity index (χ0) is 13.5. The molecule has 2 heterocycles. The van der Waals surface area contributed by atoms with E-state index >= 15 is 0 Å². The summed E-state index contributed by atoms with van der Waals surface area (Å²) in [4.78, 5) is 5.37. The predicted octanol–water partition coefficient (Wildman–Crippen LogP) is 3.47. The van der Waals surface area contributed by atoms with Gasteiger partial charge in [0.05, 0.1) is 6.20 Å². The fourth-order valence-electron chi connectivity index (χ4n) is 1.72. The Morgan fingerprint density at radius 2 is 2.26 bits per heavy atom. The SMILES string of the molecule is CC(C)CNCc1ccncc1OCc1cccs1. The van der Waals surface area contributed by atoms with E-state index in [1.54, 1.807) is 17.5 Å². The second kappa shape index (κ2) is 7.26. The summed E-state index contributed by atoms with van der Waals surface area (Å²) < 4.78 is 5.85. The van der Waals surface area contributed by atoms with Gasteiger partial charge in [-0.2, -0.15) is 0 Å². The van der Waals surface area contributed by atoms with E-state index in [9.17, 15) is 0 Å². The van der Waals surface area contributed by atoms with Crippen molar-refractivity contribution in [2.24, 2.45) is 5.92 Å². The van der Waals surface area contributed by atoms with Crippen molar-refractivity contribution in [1.29, 1.82) is 0 Å². The Hall–Kier alpha value is -1.39. The fraction of sp³-hybridized carbons (Fsp3) is 0.400. The Balaban J connectivity index is 1.92. The minimum absolute atomic E-state index is 0.612. The molecule has 0 bridgehead atoms. The lowest BCUT2D eigenvalue weighted by Crippen LogP contribution is -2.19. The highest BCUT2D eigenvalue weighted by atomic mass is 32.1. The molecule has 2 aromatic rings. The number of rotatable bonds is 7. The van der Waals surface area contributed by atoms with Crippen molar-refractivity contribution in [2.75, 3.05) is 6.54 Å². The number of aromatic nitrogens is 1. The predicted molar refractivity (Wildman–Crippen MR) is 79.4 cm³/mol. The van der Waals surface area contributed by atoms with E-state index in [0.29, 0.717) is 12.5 Å². The zero-order valence-corrected chi connectivity index (χ0v) is 12.2. The molecule has 1 N–H and O–H groups in total. The van der Waals surface area contributed by atoms with Crippen molar-refractivity contribution < 1.29 is 4.74 Å². The molecule has 0 fully saturated rings. The number of nitrogens with zero attached hydrogens (tertiary/aromatic N) is 1. The highest BCUT2D eigenvalue weighted by Crippen LogP contribution is 2.19. The molecule has 0 saturated carbocycles. The van der Waals surface area contributed by atoms with Crippen molar-refractivity contribution in [1.82, 2.24) is 10.3 Å². The molecular weight excluding hydrogens is 256 g/mol. The normalized spacial score (nSPS) is 10.9. The van der Waals surface area contributed by atoms with Crippen LogP contribution in [-0.4, -0.2) is 11.5 Å². The summed E-state index contributed by atoms with van der Waals surface area (Å²) in [5.74, 6) is 1.52. The molecule has 102 valence electrons. The molecule has 0 aliphatic heterocycles. The van der Waals surface area contributed by atoms with Crippen LogP contribution in [0.2, 0.25) is 0 Å². The summed E-state index contributed by atoms with van der Waals surface area (Å²) in [6.45, 7) is 6.84. The topological polar surface area (TPSA) is 34.2 Å². The lowest BCUT2D eigenvalue weighted by molar-refractivity contribution is 0.304. The van der Waals surface area contributed by atoms with E-state index in [-0.39, 0.29) is 0 Å². The second-order valence-electron chi connectivity index (χ2n) is 4.88. The fourth-order valence-corrected chi connectivity index (χ4v) is 2.34. The Kier molecular flexibility index (Phi) is 5.36. The summed E-state index contributed by atoms with van der Waals surface area (Å²) in [6, 6.07) is 6.13. The van der Waals surface area contributed by atoms with Crippen molar-refractivity contribution in [3.63, 3.8) is 0 Å². The van der Waals surface area contributed by atoms with Gasteiger partial charge in [-0.25, -0.2) is 0 Å². The molecule has 0 spiro atoms. The maximum Gasteiger partial charge on any atom is 0.142 e. The maximum absolute atomic E-state index is 5.85. The van der Waals surface area contributed by atoms with Gasteiger partial charge in [0, 0.05) is 23.2 Å². The first-order valence-electron chi connectivity index (χ1n) is 6.54. The number of thiophene rings is 1. The molecule has 2 rings (SSSR count). The summed E-state index contributed by atoms with van der Waals surface area (Å²) in [5.41, 5.74) is 1.16. The molecule has 0 aliphatic carbocycles. The molecule has 0 atom stereocenters. The van der Waals surface area contributed by atoms with Crippen LogP contribution >= 0.6 is 11.3 Å². The number of nitrogens with one attached hydrogen (secondary N) is 1. The molecule has 2 aromatic heterocycles. The van der Waals surface area contributed by atoms with E-state index < -0.39 is 0 Å². The number of hydrogen-bond acceptors (Lipinski definition) is 4. The van der Waals surface area contributed by atoms with Gasteiger partial charge in [-0.05, 0) is 30.0 Å². The largest absolute Gasteiger partial charge is 0.486 e. The van der Waals surface area contributed by atoms with Gasteiger partial charge >= 0.3 is 0 Å². The first-order chi connectivity index (χ1) is 9.25. The Morgan fingerprint density at radius 1 is 1.37 bits per heavy atom. The molecule has 3 nitrogen and oxygen atoms in total. The van der Waals surface area contributed by atoms with Crippen LogP contribution in [0.3, 0.4) is 0 Å². The van der Waals surface area contributed by atoms with Gasteiger partial charge in [0.15, 0.2) is 0 Å². The van der Waals surface area contributed by atoms with Crippen molar-refractivity contribution in [3.8, 4) is 5.75 Å². The van der Waals surface area contributed by atoms with Crippen molar-refractivity contribution >= 4 is 11.3 Å². The van der Waals surface area contributed by atoms with Crippen LogP contribution < -0.4 is 10.1 Å². The van der Waals surface area contributed by atoms with Crippen LogP contribution in [0.4, 0.5) is 0 Å². The van der Waals surface area contributed by atoms with Crippen LogP contribution in [-0.2, 0) is 13.2 Å². The Morgan fingerprint density at radius 3 is 3.00 bits per heavy atom. The van der Waals surface area contributed by atoms with Crippen LogP contribution in [0.5, 0.6) is 5.75 Å². The van der Waals surface area contributed by atoms with Crippen LogP contribution in [0, 0.1) is 5.92 Å². The van der Waals surface area contributed by atoms with Crippen molar-refractivity contribution in [3.05, 3.63) is 46.4 Å². The first-order valence-corrected chi connectivity index (χ1v) is 7.42. The second-order valence-corrected chi connectivity index (χ2v) is 5.91. The minimum atomic E-state index is 0.612. The van der Waals surface area contributed by atoms with Gasteiger partial charge in [-0.1, -0.05) is 19.9 Å². The van der Waals surface area contributed by atoms with Gasteiger partial charge in [-0.3, -0.25) is 4.98 Å². The molecule has 0 aromatic carbocycles. The quantitative estimate of drug-likeness (QED) is 0.841. The average Bonchev–Trinajstić information content (AvgIpc) is 2.90. The minimum Gasteiger partial charge on any atom is -0.486 e. The molecule has 0 saturated heterocycles. The highest BCUT2D eigenvalue weighted by molar-refractivity contribution is 7.09. The lowest BCUT2D eigenvalue weighted by Gasteiger charge is -2.12. The van der Waals surface area contributed by atoms with Crippen LogP contribution in [0.25, 0.3) is 0 Å². The van der Waals surface area contributed by atoms with Gasteiger partial charge in [0.2, 0.25) is 0 Å². The van der Waals surface area contributed by atoms with E-state index in [1.165, 1.54) is 4.88 Å². The number of pyridine rings is 1. The van der Waals surface area contributed by atoms with Crippen LogP contribution in [0.1, 0.15) is 24.3 Å². The summed E-state index contributed by atoms with van der Waals surface area (Å²) in [5, 5.41) is 5.49. The van der Waals surface area contributed by atoms with Crippen LogP contribution in [0.15, 0.2) is 36.0 Å². The number of hydrogen-bond donors (Lipinski definition) is 1. The summed E-state index contributed by atoms with van der Waals surface area (Å²) in [7, 11) is 0. The van der Waals surface area contributed by atoms with E-state index in [0.717, 1.165) is 24.4 Å². The third-order valence-electron chi connectivity index (χ3n) is 2.69. The molecule has 0 amide bonds. The summed E-state index contributed by atoms with van der Waals surface area (Å²) >= 11 is 1.71. The van der Waals surface area contributed by atoms with E-state index in [1.807, 2.05) is 18.3 Å². The molecule has 0 aliphatic rings. The molecule has 0 radical (unpaired) electrons. The van der Waals surface area contributed by atoms with Gasteiger partial charge in [0.1, 0.15) is 12.4 Å². The first kappa shape index (κ1) is 14.0. The third-order valence-corrected chi connectivity index (χ3v) is 3.54. The Bertz CT molecular complexity index is 483. The summed E-state index contributed by atoms with van der Waals surface area (Å²) in [6.07, 6.45) is 3.60. The highest BCUT2D eigenvalue weighted by Gasteiger charge is 2.04. The van der Waals surface area contributed by atoms with Gasteiger partial charge in [-0.15, -0.1) is 11.3 Å². The standard InChI is InChI=1S/C15H20N2OS/c1-12(2)8-17-9-13-5-6-16-10-15(13)18-11-14-4-3-7-19-14/h3-7,10,12,17H,8-9,11H2,1-2H3. The van der Waals surface area contributed by atoms with Crippen molar-refractivity contribution in [2.45, 2.75) is 27.0 Å². The smallest absolute Gasteiger partial charge is 0.142 e. The maximum atomic E-state index is 5.85. The molecule has 0 unspecified atom stereocenters. The molecule has 19 heavy (non-hydrogen) atoms. The van der Waals surface area contributed by atoms with E-state index in [4.69, 9.17) is 4.74 Å². The monoisotopic (exact) mass is 276 g/mol. The Labute approximate surface area is 118 Å². The van der Waals surface area contributed by atoms with E-state index in [2.05, 4.69) is 35.6 Å². The van der Waals surface area contributed by atoms with Gasteiger partial charge < -0.3 is 10.1 Å². The lowest BCUT2D eigenvalue weighted by atomic mass is 10.2. The average molecular weight is 276 g/mol.